The summed E-state index contributed by atoms with van der Waals surface area (Å²) < 4.78 is 5.36. The Balaban J connectivity index is 1.46. The molecular weight excluding hydrogens is 316 g/mol. The third-order valence-corrected chi connectivity index (χ3v) is 4.14. The number of amides is 2. The maximum absolute atomic E-state index is 12.0. The van der Waals surface area contributed by atoms with E-state index >= 15 is 0 Å². The van der Waals surface area contributed by atoms with Crippen molar-refractivity contribution in [3.8, 4) is 0 Å². The third kappa shape index (κ3) is 5.16. The predicted molar refractivity (Wildman–Crippen MR) is 97.4 cm³/mol. The molecule has 1 heterocycles. The molecule has 2 N–H and O–H groups in total. The molecule has 5 nitrogen and oxygen atoms in total. The number of carbonyl (C=O) groups is 2. The van der Waals surface area contributed by atoms with Crippen molar-refractivity contribution in [1.29, 1.82) is 0 Å². The molecule has 1 saturated heterocycles. The molecule has 1 aliphatic heterocycles. The Morgan fingerprint density at radius 3 is 2.28 bits per heavy atom. The van der Waals surface area contributed by atoms with Gasteiger partial charge in [0.2, 0.25) is 5.91 Å². The molecule has 0 aliphatic carbocycles. The van der Waals surface area contributed by atoms with Gasteiger partial charge >= 0.3 is 0 Å². The summed E-state index contributed by atoms with van der Waals surface area (Å²) in [7, 11) is 0. The zero-order valence-corrected chi connectivity index (χ0v) is 14.0. The molecule has 0 unspecified atom stereocenters. The summed E-state index contributed by atoms with van der Waals surface area (Å²) in [6.45, 7) is 0.645. The Labute approximate surface area is 147 Å². The largest absolute Gasteiger partial charge is 0.368 e. The summed E-state index contributed by atoms with van der Waals surface area (Å²) >= 11 is 0. The minimum Gasteiger partial charge on any atom is -0.368 e. The van der Waals surface area contributed by atoms with E-state index in [0.29, 0.717) is 30.8 Å². The van der Waals surface area contributed by atoms with Crippen LogP contribution in [0.5, 0.6) is 0 Å². The van der Waals surface area contributed by atoms with Gasteiger partial charge in [0, 0.05) is 24.4 Å². The molecule has 2 aromatic carbocycles. The number of anilines is 2. The summed E-state index contributed by atoms with van der Waals surface area (Å²) in [6, 6.07) is 17.0. The fraction of sp³-hybridized carbons (Fsp3) is 0.300. The van der Waals surface area contributed by atoms with Gasteiger partial charge in [0.25, 0.3) is 5.91 Å². The van der Waals surface area contributed by atoms with Crippen molar-refractivity contribution in [2.45, 2.75) is 31.8 Å². The van der Waals surface area contributed by atoms with Crippen molar-refractivity contribution in [1.82, 2.24) is 0 Å². The van der Waals surface area contributed by atoms with Crippen LogP contribution in [0, 0.1) is 0 Å². The Morgan fingerprint density at radius 2 is 1.64 bits per heavy atom. The lowest BCUT2D eigenvalue weighted by molar-refractivity contribution is -0.124. The zero-order valence-electron chi connectivity index (χ0n) is 14.0. The van der Waals surface area contributed by atoms with E-state index in [1.165, 1.54) is 0 Å². The summed E-state index contributed by atoms with van der Waals surface area (Å²) in [5, 5.41) is 5.71. The second-order valence-electron chi connectivity index (χ2n) is 6.10. The normalized spacial score (nSPS) is 16.4. The molecule has 5 heteroatoms. The molecular formula is C20H22N2O3. The van der Waals surface area contributed by atoms with Gasteiger partial charge in [-0.05, 0) is 49.1 Å². The first-order valence-corrected chi connectivity index (χ1v) is 8.57. The Morgan fingerprint density at radius 1 is 0.960 bits per heavy atom. The topological polar surface area (TPSA) is 67.4 Å². The van der Waals surface area contributed by atoms with Crippen LogP contribution in [0.2, 0.25) is 0 Å². The molecule has 0 spiro atoms. The molecule has 130 valence electrons. The number of benzene rings is 2. The first-order valence-electron chi connectivity index (χ1n) is 8.57. The fourth-order valence-electron chi connectivity index (χ4n) is 2.77. The number of hydrogen-bond donors (Lipinski definition) is 2. The third-order valence-electron chi connectivity index (χ3n) is 4.14. The summed E-state index contributed by atoms with van der Waals surface area (Å²) in [5.74, 6) is -0.142. The Kier molecular flexibility index (Phi) is 5.80. The molecule has 0 aromatic heterocycles. The average molecular weight is 338 g/mol. The summed E-state index contributed by atoms with van der Waals surface area (Å²) in [4.78, 5) is 24.0. The highest BCUT2D eigenvalue weighted by molar-refractivity contribution is 5.95. The van der Waals surface area contributed by atoms with Crippen molar-refractivity contribution in [2.24, 2.45) is 0 Å². The average Bonchev–Trinajstić information content (AvgIpc) is 3.17. The highest BCUT2D eigenvalue weighted by Gasteiger charge is 2.23. The van der Waals surface area contributed by atoms with E-state index < -0.39 is 0 Å². The van der Waals surface area contributed by atoms with Crippen LogP contribution in [-0.4, -0.2) is 24.5 Å². The predicted octanol–water partition coefficient (Wildman–Crippen LogP) is 3.38. The van der Waals surface area contributed by atoms with E-state index in [1.807, 2.05) is 30.3 Å². The molecule has 25 heavy (non-hydrogen) atoms. The number of hydrogen-bond acceptors (Lipinski definition) is 3. The van der Waals surface area contributed by atoms with E-state index in [0.717, 1.165) is 18.4 Å². The number of aryl methyl sites for hydroxylation is 1. The quantitative estimate of drug-likeness (QED) is 0.848. The lowest BCUT2D eigenvalue weighted by atomic mass is 10.1. The van der Waals surface area contributed by atoms with Gasteiger partial charge in [-0.3, -0.25) is 9.59 Å². The minimum absolute atomic E-state index is 0.0278. The van der Waals surface area contributed by atoms with E-state index in [-0.39, 0.29) is 17.9 Å². The molecule has 0 bridgehead atoms. The van der Waals surface area contributed by atoms with Gasteiger partial charge < -0.3 is 15.4 Å². The SMILES string of the molecule is O=C(CCc1ccccc1)Nc1ccc(NC(=O)[C@@H]2CCCO2)cc1. The van der Waals surface area contributed by atoms with Crippen LogP contribution in [0.4, 0.5) is 11.4 Å². The number of nitrogens with one attached hydrogen (secondary N) is 2. The smallest absolute Gasteiger partial charge is 0.253 e. The minimum atomic E-state index is -0.350. The first kappa shape index (κ1) is 17.2. The lowest BCUT2D eigenvalue weighted by Crippen LogP contribution is -2.26. The van der Waals surface area contributed by atoms with Crippen LogP contribution >= 0.6 is 0 Å². The van der Waals surface area contributed by atoms with Crippen molar-refractivity contribution in [2.75, 3.05) is 17.2 Å². The second-order valence-corrected chi connectivity index (χ2v) is 6.10. The number of ether oxygens (including phenoxy) is 1. The van der Waals surface area contributed by atoms with Crippen molar-refractivity contribution >= 4 is 23.2 Å². The zero-order chi connectivity index (χ0) is 17.5. The van der Waals surface area contributed by atoms with Crippen molar-refractivity contribution in [3.63, 3.8) is 0 Å². The van der Waals surface area contributed by atoms with Crippen LogP contribution in [0.3, 0.4) is 0 Å². The molecule has 1 aliphatic rings. The second kappa shape index (κ2) is 8.44. The molecule has 3 rings (SSSR count). The fourth-order valence-corrected chi connectivity index (χ4v) is 2.77. The van der Waals surface area contributed by atoms with Crippen LogP contribution in [-0.2, 0) is 20.7 Å². The standard InChI is InChI=1S/C20H22N2O3/c23-19(13-8-15-5-2-1-3-6-15)21-16-9-11-17(12-10-16)22-20(24)18-7-4-14-25-18/h1-3,5-6,9-12,18H,4,7-8,13-14H2,(H,21,23)(H,22,24)/t18-/m0/s1. The molecule has 0 radical (unpaired) electrons. The van der Waals surface area contributed by atoms with Gasteiger partial charge in [0.1, 0.15) is 6.10 Å². The Bertz CT molecular complexity index is 707. The van der Waals surface area contributed by atoms with E-state index in [2.05, 4.69) is 10.6 Å². The number of rotatable bonds is 6. The van der Waals surface area contributed by atoms with Gasteiger partial charge in [-0.25, -0.2) is 0 Å². The lowest BCUT2D eigenvalue weighted by Gasteiger charge is -2.11. The first-order chi connectivity index (χ1) is 12.2. The van der Waals surface area contributed by atoms with Gasteiger partial charge in [-0.15, -0.1) is 0 Å². The molecule has 1 fully saturated rings. The van der Waals surface area contributed by atoms with E-state index in [9.17, 15) is 9.59 Å². The van der Waals surface area contributed by atoms with Crippen molar-refractivity contribution < 1.29 is 14.3 Å². The molecule has 2 amide bonds. The Hall–Kier alpha value is -2.66. The van der Waals surface area contributed by atoms with Crippen LogP contribution in [0.25, 0.3) is 0 Å². The van der Waals surface area contributed by atoms with Crippen molar-refractivity contribution in [3.05, 3.63) is 60.2 Å². The van der Waals surface area contributed by atoms with Crippen LogP contribution in [0.1, 0.15) is 24.8 Å². The van der Waals surface area contributed by atoms with Crippen LogP contribution in [0.15, 0.2) is 54.6 Å². The summed E-state index contributed by atoms with van der Waals surface area (Å²) in [5.41, 5.74) is 2.56. The van der Waals surface area contributed by atoms with Gasteiger partial charge in [0.05, 0.1) is 0 Å². The highest BCUT2D eigenvalue weighted by atomic mass is 16.5. The maximum atomic E-state index is 12.0. The molecule has 0 saturated carbocycles. The van der Waals surface area contributed by atoms with Crippen LogP contribution < -0.4 is 10.6 Å². The molecule has 1 atom stereocenters. The number of carbonyl (C=O) groups excluding carboxylic acids is 2. The van der Waals surface area contributed by atoms with E-state index in [1.54, 1.807) is 24.3 Å². The van der Waals surface area contributed by atoms with Gasteiger partial charge in [-0.2, -0.15) is 0 Å². The maximum Gasteiger partial charge on any atom is 0.253 e. The molecule has 2 aromatic rings. The van der Waals surface area contributed by atoms with E-state index in [4.69, 9.17) is 4.74 Å². The van der Waals surface area contributed by atoms with Gasteiger partial charge in [-0.1, -0.05) is 30.3 Å². The highest BCUT2D eigenvalue weighted by Crippen LogP contribution is 2.17. The van der Waals surface area contributed by atoms with Gasteiger partial charge in [0.15, 0.2) is 0 Å². The monoisotopic (exact) mass is 338 g/mol. The summed E-state index contributed by atoms with van der Waals surface area (Å²) in [6.07, 6.45) is 2.48.